The molecule has 2 N–H and O–H groups in total. The molecule has 7 heteroatoms. The lowest BCUT2D eigenvalue weighted by Crippen LogP contribution is -2.17. The lowest BCUT2D eigenvalue weighted by atomic mass is 10.3. The molecule has 1 aromatic carbocycles. The first kappa shape index (κ1) is 13.7. The number of carbonyl (C=O) groups excluding carboxylic acids is 1. The molecule has 22 heavy (non-hydrogen) atoms. The summed E-state index contributed by atoms with van der Waals surface area (Å²) in [6.45, 7) is 0. The van der Waals surface area contributed by atoms with E-state index >= 15 is 0 Å². The number of pyridine rings is 1. The summed E-state index contributed by atoms with van der Waals surface area (Å²) in [6, 6.07) is 10.4. The van der Waals surface area contributed by atoms with E-state index in [1.54, 1.807) is 0 Å². The van der Waals surface area contributed by atoms with Gasteiger partial charge in [-0.3, -0.25) is 4.98 Å². The first-order chi connectivity index (χ1) is 10.7. The van der Waals surface area contributed by atoms with Crippen LogP contribution in [0.2, 0.25) is 0 Å². The summed E-state index contributed by atoms with van der Waals surface area (Å²) in [4.78, 5) is 24.5. The molecule has 0 atom stereocenters. The number of nitrogens with zero attached hydrogens (tertiary/aromatic N) is 3. The van der Waals surface area contributed by atoms with Crippen molar-refractivity contribution >= 4 is 22.9 Å². The van der Waals surface area contributed by atoms with E-state index in [1.807, 2.05) is 24.3 Å². The molecular weight excluding hydrogens is 284 g/mol. The lowest BCUT2D eigenvalue weighted by Gasteiger charge is -1.98. The van der Waals surface area contributed by atoms with E-state index in [0.717, 1.165) is 5.52 Å². The number of para-hydroxylation sites is 2. The standard InChI is InChI=1S/C15H12N4O3/c16-13(19-22-15(20)10-5-7-17-8-6-10)9-14-18-11-3-1-2-4-12(11)21-14/h1-8H,9H2,(H2,16,19). The van der Waals surface area contributed by atoms with Crippen LogP contribution >= 0.6 is 0 Å². The Morgan fingerprint density at radius 1 is 1.23 bits per heavy atom. The van der Waals surface area contributed by atoms with Crippen LogP contribution in [0.15, 0.2) is 58.4 Å². The van der Waals surface area contributed by atoms with Crippen LogP contribution in [-0.2, 0) is 11.3 Å². The zero-order chi connectivity index (χ0) is 15.4. The predicted octanol–water partition coefficient (Wildman–Crippen LogP) is 1.89. The monoisotopic (exact) mass is 296 g/mol. The predicted molar refractivity (Wildman–Crippen MR) is 79.0 cm³/mol. The number of hydrogen-bond acceptors (Lipinski definition) is 6. The molecule has 0 fully saturated rings. The molecule has 0 saturated heterocycles. The van der Waals surface area contributed by atoms with Crippen LogP contribution in [-0.4, -0.2) is 21.8 Å². The third-order valence-electron chi connectivity index (χ3n) is 2.83. The highest BCUT2D eigenvalue weighted by Crippen LogP contribution is 2.14. The summed E-state index contributed by atoms with van der Waals surface area (Å²) in [5.74, 6) is -0.112. The van der Waals surface area contributed by atoms with E-state index in [9.17, 15) is 4.79 Å². The molecule has 0 unspecified atom stereocenters. The van der Waals surface area contributed by atoms with E-state index in [2.05, 4.69) is 15.1 Å². The average Bonchev–Trinajstić information content (AvgIpc) is 2.95. The minimum absolute atomic E-state index is 0.0916. The number of benzene rings is 1. The summed E-state index contributed by atoms with van der Waals surface area (Å²) in [5, 5.41) is 3.59. The van der Waals surface area contributed by atoms with Gasteiger partial charge in [-0.2, -0.15) is 0 Å². The first-order valence-electron chi connectivity index (χ1n) is 6.50. The average molecular weight is 296 g/mol. The summed E-state index contributed by atoms with van der Waals surface area (Å²) < 4.78 is 5.51. The summed E-state index contributed by atoms with van der Waals surface area (Å²) in [5.41, 5.74) is 7.46. The SMILES string of the molecule is NC(Cc1nc2ccccc2o1)=NOC(=O)c1ccncc1. The van der Waals surface area contributed by atoms with Crippen molar-refractivity contribution in [3.05, 3.63) is 60.2 Å². The normalized spacial score (nSPS) is 11.5. The number of amidine groups is 1. The fourth-order valence-corrected chi connectivity index (χ4v) is 1.82. The van der Waals surface area contributed by atoms with Crippen LogP contribution in [0.4, 0.5) is 0 Å². The van der Waals surface area contributed by atoms with E-state index in [0.29, 0.717) is 17.0 Å². The van der Waals surface area contributed by atoms with Gasteiger partial charge in [-0.15, -0.1) is 0 Å². The first-order valence-corrected chi connectivity index (χ1v) is 6.50. The molecule has 0 aliphatic heterocycles. The Balaban J connectivity index is 1.66. The van der Waals surface area contributed by atoms with Gasteiger partial charge < -0.3 is 15.0 Å². The molecule has 2 heterocycles. The van der Waals surface area contributed by atoms with Crippen LogP contribution in [0, 0.1) is 0 Å². The van der Waals surface area contributed by atoms with Crippen LogP contribution in [0.25, 0.3) is 11.1 Å². The second-order valence-corrected chi connectivity index (χ2v) is 4.45. The maximum Gasteiger partial charge on any atom is 0.365 e. The lowest BCUT2D eigenvalue weighted by molar-refractivity contribution is 0.0514. The Bertz CT molecular complexity index is 794. The van der Waals surface area contributed by atoms with Crippen LogP contribution in [0.5, 0.6) is 0 Å². The summed E-state index contributed by atoms with van der Waals surface area (Å²) in [6.07, 6.45) is 3.13. The quantitative estimate of drug-likeness (QED) is 0.341. The Morgan fingerprint density at radius 2 is 2.00 bits per heavy atom. The Hall–Kier alpha value is -3.22. The fourth-order valence-electron chi connectivity index (χ4n) is 1.82. The minimum Gasteiger partial charge on any atom is -0.440 e. The van der Waals surface area contributed by atoms with Crippen molar-refractivity contribution in [2.45, 2.75) is 6.42 Å². The van der Waals surface area contributed by atoms with Gasteiger partial charge in [-0.25, -0.2) is 9.78 Å². The van der Waals surface area contributed by atoms with Crippen LogP contribution in [0.1, 0.15) is 16.2 Å². The second-order valence-electron chi connectivity index (χ2n) is 4.45. The molecule has 3 aromatic rings. The molecule has 3 rings (SSSR count). The van der Waals surface area contributed by atoms with Crippen molar-refractivity contribution in [3.63, 3.8) is 0 Å². The van der Waals surface area contributed by atoms with Gasteiger partial charge in [-0.1, -0.05) is 17.3 Å². The molecule has 110 valence electrons. The summed E-state index contributed by atoms with van der Waals surface area (Å²) >= 11 is 0. The van der Waals surface area contributed by atoms with Gasteiger partial charge in [0.25, 0.3) is 0 Å². The van der Waals surface area contributed by atoms with Gasteiger partial charge in [0, 0.05) is 12.4 Å². The van der Waals surface area contributed by atoms with E-state index in [-0.39, 0.29) is 12.3 Å². The molecule has 0 bridgehead atoms. The Kier molecular flexibility index (Phi) is 3.78. The number of oxazole rings is 1. The summed E-state index contributed by atoms with van der Waals surface area (Å²) in [7, 11) is 0. The molecule has 7 nitrogen and oxygen atoms in total. The van der Waals surface area contributed by atoms with E-state index < -0.39 is 5.97 Å². The molecule has 0 amide bonds. The molecule has 2 aromatic heterocycles. The number of fused-ring (bicyclic) bond motifs is 1. The van der Waals surface area contributed by atoms with Gasteiger partial charge >= 0.3 is 5.97 Å². The molecule has 0 spiro atoms. The smallest absolute Gasteiger partial charge is 0.365 e. The van der Waals surface area contributed by atoms with Gasteiger partial charge in [-0.05, 0) is 24.3 Å². The highest BCUT2D eigenvalue weighted by molar-refractivity contribution is 5.90. The fraction of sp³-hybridized carbons (Fsp3) is 0.0667. The van der Waals surface area contributed by atoms with Crippen LogP contribution in [0.3, 0.4) is 0 Å². The zero-order valence-electron chi connectivity index (χ0n) is 11.5. The van der Waals surface area contributed by atoms with Crippen molar-refractivity contribution in [1.82, 2.24) is 9.97 Å². The highest BCUT2D eigenvalue weighted by Gasteiger charge is 2.09. The van der Waals surface area contributed by atoms with E-state index in [4.69, 9.17) is 15.0 Å². The molecule has 0 radical (unpaired) electrons. The van der Waals surface area contributed by atoms with Gasteiger partial charge in [0.15, 0.2) is 5.58 Å². The second kappa shape index (κ2) is 6.04. The van der Waals surface area contributed by atoms with Crippen molar-refractivity contribution in [2.24, 2.45) is 10.9 Å². The molecule has 0 aliphatic rings. The van der Waals surface area contributed by atoms with E-state index in [1.165, 1.54) is 24.5 Å². The Labute approximate surface area is 125 Å². The van der Waals surface area contributed by atoms with Crippen LogP contribution < -0.4 is 5.73 Å². The number of hydrogen-bond donors (Lipinski definition) is 1. The van der Waals surface area contributed by atoms with Gasteiger partial charge in [0.1, 0.15) is 11.4 Å². The van der Waals surface area contributed by atoms with Crippen molar-refractivity contribution in [2.75, 3.05) is 0 Å². The van der Waals surface area contributed by atoms with Gasteiger partial charge in [0.2, 0.25) is 5.89 Å². The number of rotatable bonds is 4. The molecular formula is C15H12N4O3. The van der Waals surface area contributed by atoms with Crippen molar-refractivity contribution < 1.29 is 14.0 Å². The maximum absolute atomic E-state index is 11.7. The third-order valence-corrected chi connectivity index (χ3v) is 2.83. The largest absolute Gasteiger partial charge is 0.440 e. The molecule has 0 aliphatic carbocycles. The Morgan fingerprint density at radius 3 is 2.77 bits per heavy atom. The zero-order valence-corrected chi connectivity index (χ0v) is 11.5. The molecule has 0 saturated carbocycles. The van der Waals surface area contributed by atoms with Crippen molar-refractivity contribution in [1.29, 1.82) is 0 Å². The number of aromatic nitrogens is 2. The minimum atomic E-state index is -0.608. The maximum atomic E-state index is 11.7. The number of carbonyl (C=O) groups is 1. The topological polar surface area (TPSA) is 104 Å². The van der Waals surface area contributed by atoms with Gasteiger partial charge in [0.05, 0.1) is 12.0 Å². The highest BCUT2D eigenvalue weighted by atomic mass is 16.7. The number of oxime groups is 1. The number of nitrogens with two attached hydrogens (primary N) is 1. The van der Waals surface area contributed by atoms with Crippen molar-refractivity contribution in [3.8, 4) is 0 Å². The third kappa shape index (κ3) is 3.09.